The number of nitro benzene ring substituents is 1. The molecule has 1 N–H and O–H groups in total. The predicted octanol–water partition coefficient (Wildman–Crippen LogP) is 2.63. The molecule has 0 spiro atoms. The third-order valence-electron chi connectivity index (χ3n) is 3.80. The maximum absolute atomic E-state index is 10.8. The molecule has 0 unspecified atom stereocenters. The summed E-state index contributed by atoms with van der Waals surface area (Å²) >= 11 is 0. The summed E-state index contributed by atoms with van der Waals surface area (Å²) in [5, 5.41) is 24.3. The van der Waals surface area contributed by atoms with Gasteiger partial charge in [0, 0.05) is 31.2 Å². The summed E-state index contributed by atoms with van der Waals surface area (Å²) in [7, 11) is 1.82. The van der Waals surface area contributed by atoms with Gasteiger partial charge in [0.1, 0.15) is 6.61 Å². The summed E-state index contributed by atoms with van der Waals surface area (Å²) in [5.41, 5.74) is 2.99. The second-order valence-corrected chi connectivity index (χ2v) is 5.63. The largest absolute Gasteiger partial charge is 0.475 e. The van der Waals surface area contributed by atoms with Crippen molar-refractivity contribution in [3.63, 3.8) is 0 Å². The number of nitro groups is 1. The van der Waals surface area contributed by atoms with Gasteiger partial charge in [-0.3, -0.25) is 10.1 Å². The normalized spacial score (nSPS) is 10.8. The minimum Gasteiger partial charge on any atom is -0.475 e. The van der Waals surface area contributed by atoms with Crippen molar-refractivity contribution in [1.29, 1.82) is 0 Å². The van der Waals surface area contributed by atoms with Gasteiger partial charge < -0.3 is 9.84 Å². The minimum absolute atomic E-state index is 0.0631. The van der Waals surface area contributed by atoms with E-state index in [1.165, 1.54) is 12.1 Å². The van der Waals surface area contributed by atoms with Gasteiger partial charge in [-0.05, 0) is 18.4 Å². The van der Waals surface area contributed by atoms with Gasteiger partial charge in [0.2, 0.25) is 5.88 Å². The summed E-state index contributed by atoms with van der Waals surface area (Å²) in [5.74, 6) is 0.647. The molecule has 0 saturated carbocycles. The first-order valence-electron chi connectivity index (χ1n) is 8.08. The number of aromatic nitrogens is 2. The molecule has 24 heavy (non-hydrogen) atoms. The van der Waals surface area contributed by atoms with E-state index < -0.39 is 4.92 Å². The van der Waals surface area contributed by atoms with Gasteiger partial charge in [0.05, 0.1) is 17.2 Å². The monoisotopic (exact) mass is 333 g/mol. The first kappa shape index (κ1) is 17.9. The summed E-state index contributed by atoms with van der Waals surface area (Å²) in [6.45, 7) is 2.27. The van der Waals surface area contributed by atoms with E-state index in [9.17, 15) is 10.1 Å². The smallest absolute Gasteiger partial charge is 0.269 e. The number of aryl methyl sites for hydroxylation is 2. The van der Waals surface area contributed by atoms with E-state index in [0.29, 0.717) is 12.3 Å². The number of benzene rings is 1. The molecule has 0 aliphatic carbocycles. The Bertz CT molecular complexity index is 680. The van der Waals surface area contributed by atoms with E-state index in [2.05, 4.69) is 12.0 Å². The molecule has 0 aliphatic rings. The highest BCUT2D eigenvalue weighted by molar-refractivity contribution is 5.40. The number of unbranched alkanes of at least 4 members (excludes halogenated alkanes) is 1. The Hall–Kier alpha value is -2.41. The van der Waals surface area contributed by atoms with Gasteiger partial charge in [-0.2, -0.15) is 5.10 Å². The quantitative estimate of drug-likeness (QED) is 0.563. The molecule has 7 heteroatoms. The molecule has 0 aliphatic heterocycles. The summed E-state index contributed by atoms with van der Waals surface area (Å²) in [4.78, 5) is 10.4. The Balaban J connectivity index is 2.29. The van der Waals surface area contributed by atoms with Crippen LogP contribution in [0.1, 0.15) is 36.6 Å². The molecule has 0 fully saturated rings. The predicted molar refractivity (Wildman–Crippen MR) is 90.3 cm³/mol. The number of hydrogen-bond donors (Lipinski definition) is 1. The Morgan fingerprint density at radius 2 is 2.04 bits per heavy atom. The van der Waals surface area contributed by atoms with Crippen LogP contribution in [0.3, 0.4) is 0 Å². The highest BCUT2D eigenvalue weighted by Crippen LogP contribution is 2.27. The molecule has 1 heterocycles. The highest BCUT2D eigenvalue weighted by Gasteiger charge is 2.18. The Kier molecular flexibility index (Phi) is 6.31. The molecule has 130 valence electrons. The van der Waals surface area contributed by atoms with Gasteiger partial charge >= 0.3 is 0 Å². The van der Waals surface area contributed by atoms with Crippen LogP contribution in [0.5, 0.6) is 5.88 Å². The fraction of sp³-hybridized carbons (Fsp3) is 0.471. The lowest BCUT2D eigenvalue weighted by molar-refractivity contribution is -0.384. The molecule has 1 aromatic heterocycles. The molecule has 0 bridgehead atoms. The second-order valence-electron chi connectivity index (χ2n) is 5.63. The van der Waals surface area contributed by atoms with Crippen molar-refractivity contribution < 1.29 is 14.8 Å². The van der Waals surface area contributed by atoms with Gasteiger partial charge in [-0.1, -0.05) is 25.5 Å². The van der Waals surface area contributed by atoms with Crippen LogP contribution in [-0.4, -0.2) is 33.0 Å². The van der Waals surface area contributed by atoms with Crippen LogP contribution < -0.4 is 4.74 Å². The second kappa shape index (κ2) is 8.44. The molecular formula is C17H23N3O4. The van der Waals surface area contributed by atoms with Gasteiger partial charge in [-0.25, -0.2) is 4.68 Å². The van der Waals surface area contributed by atoms with Crippen molar-refractivity contribution in [1.82, 2.24) is 9.78 Å². The molecule has 2 rings (SSSR count). The Morgan fingerprint density at radius 1 is 1.33 bits per heavy atom. The van der Waals surface area contributed by atoms with Gasteiger partial charge in [0.25, 0.3) is 5.69 Å². The molecule has 0 amide bonds. The molecular weight excluding hydrogens is 310 g/mol. The number of non-ortho nitro benzene ring substituents is 1. The topological polar surface area (TPSA) is 90.4 Å². The lowest BCUT2D eigenvalue weighted by atomic mass is 10.0. The Morgan fingerprint density at radius 3 is 2.62 bits per heavy atom. The molecule has 0 radical (unpaired) electrons. The Labute approximate surface area is 141 Å². The standard InChI is InChI=1S/C17H23N3O4/c1-3-4-5-16-15(17(19(2)18-16)24-11-10-21)12-13-6-8-14(9-7-13)20(22)23/h6-9,21H,3-5,10-12H2,1-2H3. The maximum Gasteiger partial charge on any atom is 0.269 e. The lowest BCUT2D eigenvalue weighted by Crippen LogP contribution is -2.07. The van der Waals surface area contributed by atoms with E-state index in [0.717, 1.165) is 36.1 Å². The lowest BCUT2D eigenvalue weighted by Gasteiger charge is -2.09. The maximum atomic E-state index is 10.8. The van der Waals surface area contributed by atoms with Crippen molar-refractivity contribution in [3.8, 4) is 5.88 Å². The summed E-state index contributed by atoms with van der Waals surface area (Å²) in [6, 6.07) is 6.52. The molecule has 1 aromatic carbocycles. The highest BCUT2D eigenvalue weighted by atomic mass is 16.6. The van der Waals surface area contributed by atoms with E-state index in [4.69, 9.17) is 9.84 Å². The molecule has 0 saturated heterocycles. The van der Waals surface area contributed by atoms with Crippen LogP contribution in [0.4, 0.5) is 5.69 Å². The van der Waals surface area contributed by atoms with E-state index >= 15 is 0 Å². The molecule has 2 aromatic rings. The SMILES string of the molecule is CCCCc1nn(C)c(OCCO)c1Cc1ccc([N+](=O)[O-])cc1. The van der Waals surface area contributed by atoms with Crippen molar-refractivity contribution in [3.05, 3.63) is 51.2 Å². The third-order valence-corrected chi connectivity index (χ3v) is 3.80. The van der Waals surface area contributed by atoms with Crippen LogP contribution in [0.2, 0.25) is 0 Å². The third kappa shape index (κ3) is 4.32. The van der Waals surface area contributed by atoms with E-state index in [1.807, 2.05) is 7.05 Å². The van der Waals surface area contributed by atoms with Gasteiger partial charge in [0.15, 0.2) is 0 Å². The number of aliphatic hydroxyl groups is 1. The number of ether oxygens (including phenoxy) is 1. The van der Waals surface area contributed by atoms with E-state index in [-0.39, 0.29) is 18.9 Å². The zero-order valence-corrected chi connectivity index (χ0v) is 14.1. The van der Waals surface area contributed by atoms with Crippen LogP contribution in [0.15, 0.2) is 24.3 Å². The van der Waals surface area contributed by atoms with Crippen LogP contribution >= 0.6 is 0 Å². The minimum atomic E-state index is -0.406. The number of rotatable bonds is 9. The van der Waals surface area contributed by atoms with Crippen LogP contribution in [-0.2, 0) is 19.9 Å². The average Bonchev–Trinajstić information content (AvgIpc) is 2.86. The number of hydrogen-bond acceptors (Lipinski definition) is 5. The van der Waals surface area contributed by atoms with Crippen molar-refractivity contribution in [2.75, 3.05) is 13.2 Å². The van der Waals surface area contributed by atoms with Crippen LogP contribution in [0.25, 0.3) is 0 Å². The zero-order valence-electron chi connectivity index (χ0n) is 14.1. The zero-order chi connectivity index (χ0) is 17.5. The fourth-order valence-electron chi connectivity index (χ4n) is 2.59. The summed E-state index contributed by atoms with van der Waals surface area (Å²) in [6.07, 6.45) is 3.55. The molecule has 0 atom stereocenters. The van der Waals surface area contributed by atoms with Crippen molar-refractivity contribution >= 4 is 5.69 Å². The van der Waals surface area contributed by atoms with Crippen molar-refractivity contribution in [2.24, 2.45) is 7.05 Å². The number of aliphatic hydroxyl groups excluding tert-OH is 1. The van der Waals surface area contributed by atoms with Crippen molar-refractivity contribution in [2.45, 2.75) is 32.6 Å². The van der Waals surface area contributed by atoms with E-state index in [1.54, 1.807) is 16.8 Å². The number of nitrogens with zero attached hydrogens (tertiary/aromatic N) is 3. The van der Waals surface area contributed by atoms with Crippen LogP contribution in [0, 0.1) is 10.1 Å². The van der Waals surface area contributed by atoms with Gasteiger partial charge in [-0.15, -0.1) is 0 Å². The first-order valence-corrected chi connectivity index (χ1v) is 8.08. The average molecular weight is 333 g/mol. The first-order chi connectivity index (χ1) is 11.6. The summed E-state index contributed by atoms with van der Waals surface area (Å²) < 4.78 is 7.35. The fourth-order valence-corrected chi connectivity index (χ4v) is 2.59. The molecule has 7 nitrogen and oxygen atoms in total.